The minimum atomic E-state index is -1.05. The molecule has 0 bridgehead atoms. The zero-order valence-electron chi connectivity index (χ0n) is 9.29. The first-order chi connectivity index (χ1) is 7.47. The van der Waals surface area contributed by atoms with E-state index >= 15 is 0 Å². The number of nitrogens with one attached hydrogen (secondary N) is 1. The topological polar surface area (TPSA) is 75.6 Å². The Kier molecular flexibility index (Phi) is 3.89. The van der Waals surface area contributed by atoms with Gasteiger partial charge >= 0.3 is 12.1 Å². The summed E-state index contributed by atoms with van der Waals surface area (Å²) >= 11 is 1.23. The molecule has 88 valence electrons. The number of carboxylic acid groups (broad SMARTS) is 1. The Hall–Kier alpha value is -1.56. The Morgan fingerprint density at radius 1 is 1.44 bits per heavy atom. The van der Waals surface area contributed by atoms with Crippen molar-refractivity contribution in [2.75, 3.05) is 11.9 Å². The number of ether oxygens (including phenoxy) is 1. The predicted octanol–water partition coefficient (Wildman–Crippen LogP) is 2.63. The highest BCUT2D eigenvalue weighted by Gasteiger charge is 2.20. The van der Waals surface area contributed by atoms with Gasteiger partial charge in [0.15, 0.2) is 0 Å². The molecule has 0 aromatic carbocycles. The van der Waals surface area contributed by atoms with Crippen molar-refractivity contribution in [3.63, 3.8) is 0 Å². The lowest BCUT2D eigenvalue weighted by Gasteiger charge is -2.03. The van der Waals surface area contributed by atoms with E-state index in [2.05, 4.69) is 5.32 Å². The normalized spacial score (nSPS) is 9.94. The fourth-order valence-electron chi connectivity index (χ4n) is 1.23. The summed E-state index contributed by atoms with van der Waals surface area (Å²) in [6, 6.07) is 0. The lowest BCUT2D eigenvalue weighted by atomic mass is 10.1. The first kappa shape index (κ1) is 12.5. The third-order valence-corrected chi connectivity index (χ3v) is 3.21. The highest BCUT2D eigenvalue weighted by Crippen LogP contribution is 2.32. The third kappa shape index (κ3) is 2.52. The highest BCUT2D eigenvalue weighted by molar-refractivity contribution is 7.16. The van der Waals surface area contributed by atoms with Crippen LogP contribution in [0.5, 0.6) is 0 Å². The first-order valence-corrected chi connectivity index (χ1v) is 5.56. The van der Waals surface area contributed by atoms with Crippen molar-refractivity contribution in [2.24, 2.45) is 0 Å². The molecule has 5 nitrogen and oxygen atoms in total. The second-order valence-corrected chi connectivity index (χ2v) is 4.36. The second kappa shape index (κ2) is 4.98. The third-order valence-electron chi connectivity index (χ3n) is 2.09. The molecule has 16 heavy (non-hydrogen) atoms. The van der Waals surface area contributed by atoms with E-state index in [1.807, 2.05) is 6.92 Å². The van der Waals surface area contributed by atoms with Gasteiger partial charge in [0, 0.05) is 4.88 Å². The van der Waals surface area contributed by atoms with Crippen LogP contribution in [0.25, 0.3) is 0 Å². The van der Waals surface area contributed by atoms with Gasteiger partial charge in [-0.05, 0) is 26.3 Å². The van der Waals surface area contributed by atoms with Crippen molar-refractivity contribution in [2.45, 2.75) is 20.8 Å². The maximum absolute atomic E-state index is 11.2. The molecule has 2 N–H and O–H groups in total. The number of hydrogen-bond donors (Lipinski definition) is 2. The maximum Gasteiger partial charge on any atom is 0.412 e. The number of thiophene rings is 1. The summed E-state index contributed by atoms with van der Waals surface area (Å²) < 4.78 is 4.69. The average molecular weight is 243 g/mol. The fraction of sp³-hybridized carbons (Fsp3) is 0.400. The predicted molar refractivity (Wildman–Crippen MR) is 61.4 cm³/mol. The van der Waals surface area contributed by atoms with Gasteiger partial charge in [0.25, 0.3) is 0 Å². The van der Waals surface area contributed by atoms with Gasteiger partial charge in [0.05, 0.1) is 12.2 Å². The van der Waals surface area contributed by atoms with Crippen molar-refractivity contribution < 1.29 is 19.4 Å². The molecule has 1 rings (SSSR count). The molecule has 0 aliphatic heterocycles. The number of aryl methyl sites for hydroxylation is 1. The number of aromatic carboxylic acids is 1. The Morgan fingerprint density at radius 3 is 2.56 bits per heavy atom. The van der Waals surface area contributed by atoms with Crippen LogP contribution in [0.1, 0.15) is 27.7 Å². The van der Waals surface area contributed by atoms with Gasteiger partial charge in [-0.1, -0.05) is 0 Å². The van der Waals surface area contributed by atoms with Gasteiger partial charge < -0.3 is 9.84 Å². The van der Waals surface area contributed by atoms with Crippen LogP contribution in [-0.4, -0.2) is 23.8 Å². The molecule has 0 atom stereocenters. The SMILES string of the molecule is CCOC(=O)Nc1sc(C)c(C)c1C(=O)O. The minimum absolute atomic E-state index is 0.135. The van der Waals surface area contributed by atoms with Gasteiger partial charge in [0.2, 0.25) is 0 Å². The van der Waals surface area contributed by atoms with Gasteiger partial charge in [-0.25, -0.2) is 9.59 Å². The number of carbonyl (C=O) groups is 2. The Morgan fingerprint density at radius 2 is 2.06 bits per heavy atom. The molecule has 0 aliphatic carbocycles. The van der Waals surface area contributed by atoms with E-state index in [9.17, 15) is 9.59 Å². The van der Waals surface area contributed by atoms with Crippen LogP contribution in [0, 0.1) is 13.8 Å². The van der Waals surface area contributed by atoms with Crippen LogP contribution in [-0.2, 0) is 4.74 Å². The summed E-state index contributed by atoms with van der Waals surface area (Å²) in [6.07, 6.45) is -0.633. The standard InChI is InChI=1S/C10H13NO4S/c1-4-15-10(14)11-8-7(9(12)13)5(2)6(3)16-8/h4H2,1-3H3,(H,11,14)(H,12,13). The number of amides is 1. The molecule has 1 heterocycles. The van der Waals surface area contributed by atoms with Crippen molar-refractivity contribution >= 4 is 28.4 Å². The van der Waals surface area contributed by atoms with Crippen LogP contribution in [0.3, 0.4) is 0 Å². The van der Waals surface area contributed by atoms with Crippen LogP contribution >= 0.6 is 11.3 Å². The lowest BCUT2D eigenvalue weighted by molar-refractivity contribution is 0.0697. The van der Waals surface area contributed by atoms with Crippen molar-refractivity contribution in [1.82, 2.24) is 0 Å². The molecular weight excluding hydrogens is 230 g/mol. The molecule has 0 fully saturated rings. The number of anilines is 1. The van der Waals surface area contributed by atoms with Crippen molar-refractivity contribution in [1.29, 1.82) is 0 Å². The van der Waals surface area contributed by atoms with E-state index in [4.69, 9.17) is 9.84 Å². The molecular formula is C10H13NO4S. The van der Waals surface area contributed by atoms with E-state index in [-0.39, 0.29) is 12.2 Å². The molecule has 6 heteroatoms. The largest absolute Gasteiger partial charge is 0.478 e. The smallest absolute Gasteiger partial charge is 0.412 e. The van der Waals surface area contributed by atoms with Crippen molar-refractivity contribution in [3.8, 4) is 0 Å². The second-order valence-electron chi connectivity index (χ2n) is 3.14. The summed E-state index contributed by atoms with van der Waals surface area (Å²) in [5, 5.41) is 11.8. The quantitative estimate of drug-likeness (QED) is 0.855. The van der Waals surface area contributed by atoms with E-state index in [1.54, 1.807) is 13.8 Å². The molecule has 0 aliphatic rings. The molecule has 0 unspecified atom stereocenters. The van der Waals surface area contributed by atoms with Crippen LogP contribution in [0.2, 0.25) is 0 Å². The Balaban J connectivity index is 3.00. The first-order valence-electron chi connectivity index (χ1n) is 4.74. The lowest BCUT2D eigenvalue weighted by Crippen LogP contribution is -2.14. The summed E-state index contributed by atoms with van der Waals surface area (Å²) in [4.78, 5) is 23.1. The van der Waals surface area contributed by atoms with Crippen LogP contribution < -0.4 is 5.32 Å². The van der Waals surface area contributed by atoms with E-state index in [1.165, 1.54) is 11.3 Å². The van der Waals surface area contributed by atoms with Gasteiger partial charge in [0.1, 0.15) is 5.00 Å². The molecule has 1 aromatic heterocycles. The minimum Gasteiger partial charge on any atom is -0.478 e. The highest BCUT2D eigenvalue weighted by atomic mass is 32.1. The molecule has 1 aromatic rings. The van der Waals surface area contributed by atoms with Gasteiger partial charge in [-0.2, -0.15) is 0 Å². The number of carboxylic acids is 1. The molecule has 0 saturated heterocycles. The average Bonchev–Trinajstić information content (AvgIpc) is 2.42. The van der Waals surface area contributed by atoms with E-state index < -0.39 is 12.1 Å². The van der Waals surface area contributed by atoms with E-state index in [0.717, 1.165) is 4.88 Å². The summed E-state index contributed by atoms with van der Waals surface area (Å²) in [6.45, 7) is 5.45. The molecule has 1 amide bonds. The number of rotatable bonds is 3. The Labute approximate surface area is 97.0 Å². The molecule has 0 spiro atoms. The zero-order chi connectivity index (χ0) is 12.3. The fourth-order valence-corrected chi connectivity index (χ4v) is 2.27. The summed E-state index contributed by atoms with van der Waals surface area (Å²) in [7, 11) is 0. The van der Waals surface area contributed by atoms with Gasteiger partial charge in [-0.3, -0.25) is 5.32 Å². The zero-order valence-corrected chi connectivity index (χ0v) is 10.1. The number of hydrogen-bond acceptors (Lipinski definition) is 4. The molecule has 0 radical (unpaired) electrons. The summed E-state index contributed by atoms with van der Waals surface area (Å²) in [5.41, 5.74) is 0.805. The monoisotopic (exact) mass is 243 g/mol. The Bertz CT molecular complexity index is 425. The van der Waals surface area contributed by atoms with Crippen LogP contribution in [0.4, 0.5) is 9.80 Å². The van der Waals surface area contributed by atoms with E-state index in [0.29, 0.717) is 10.6 Å². The van der Waals surface area contributed by atoms with Crippen LogP contribution in [0.15, 0.2) is 0 Å². The summed E-state index contributed by atoms with van der Waals surface area (Å²) in [5.74, 6) is -1.05. The van der Waals surface area contributed by atoms with Gasteiger partial charge in [-0.15, -0.1) is 11.3 Å². The maximum atomic E-state index is 11.2. The molecule has 0 saturated carbocycles. The number of carbonyl (C=O) groups excluding carboxylic acids is 1. The van der Waals surface area contributed by atoms with Crippen molar-refractivity contribution in [3.05, 3.63) is 16.0 Å².